The summed E-state index contributed by atoms with van der Waals surface area (Å²) in [6.07, 6.45) is 4.26. The van der Waals surface area contributed by atoms with Gasteiger partial charge in [-0.15, -0.1) is 11.6 Å². The molecule has 82 valence electrons. The fourth-order valence-corrected chi connectivity index (χ4v) is 1.16. The van der Waals surface area contributed by atoms with E-state index in [2.05, 4.69) is 15.3 Å². The fourth-order valence-electron chi connectivity index (χ4n) is 0.962. The van der Waals surface area contributed by atoms with Crippen LogP contribution in [0.25, 0.3) is 0 Å². The molecule has 1 N–H and O–H groups in total. The Kier molecular flexibility index (Phi) is 5.00. The van der Waals surface area contributed by atoms with Gasteiger partial charge in [-0.05, 0) is 0 Å². The van der Waals surface area contributed by atoms with Crippen molar-refractivity contribution >= 4 is 17.5 Å². The highest BCUT2D eigenvalue weighted by molar-refractivity contribution is 6.21. The maximum atomic E-state index is 11.5. The summed E-state index contributed by atoms with van der Waals surface area (Å²) >= 11 is 5.84. The van der Waals surface area contributed by atoms with Crippen LogP contribution in [0, 0.1) is 0 Å². The molecule has 0 aliphatic heterocycles. The van der Waals surface area contributed by atoms with E-state index in [-0.39, 0.29) is 11.3 Å². The van der Waals surface area contributed by atoms with Crippen LogP contribution in [0.1, 0.15) is 10.4 Å². The van der Waals surface area contributed by atoms with Crippen molar-refractivity contribution in [2.24, 2.45) is 0 Å². The molecule has 1 aromatic heterocycles. The summed E-state index contributed by atoms with van der Waals surface area (Å²) in [6.45, 7) is 0.746. The van der Waals surface area contributed by atoms with Crippen molar-refractivity contribution in [2.75, 3.05) is 20.3 Å². The highest BCUT2D eigenvalue weighted by atomic mass is 35.5. The summed E-state index contributed by atoms with van der Waals surface area (Å²) in [5.41, 5.74) is 0.416. The first-order valence-electron chi connectivity index (χ1n) is 4.40. The molecule has 0 radical (unpaired) electrons. The lowest BCUT2D eigenvalue weighted by Crippen LogP contribution is -2.31. The molecule has 0 aliphatic rings. The normalized spacial score (nSPS) is 12.1. The van der Waals surface area contributed by atoms with Gasteiger partial charge in [0.25, 0.3) is 5.91 Å². The molecule has 1 unspecified atom stereocenters. The maximum absolute atomic E-state index is 11.5. The molecule has 0 saturated carbocycles. The van der Waals surface area contributed by atoms with Gasteiger partial charge >= 0.3 is 0 Å². The number of nitrogens with zero attached hydrogens (tertiary/aromatic N) is 2. The summed E-state index contributed by atoms with van der Waals surface area (Å²) in [6, 6.07) is 0. The number of hydrogen-bond acceptors (Lipinski definition) is 4. The monoisotopic (exact) mass is 229 g/mol. The zero-order valence-electron chi connectivity index (χ0n) is 8.31. The Balaban J connectivity index is 2.37. The summed E-state index contributed by atoms with van der Waals surface area (Å²) in [4.78, 5) is 18.9. The molecule has 6 heteroatoms. The molecule has 1 aromatic rings. The number of methoxy groups -OCH3 is 1. The van der Waals surface area contributed by atoms with Gasteiger partial charge in [0.05, 0.1) is 17.5 Å². The summed E-state index contributed by atoms with van der Waals surface area (Å²) in [5, 5.41) is 2.42. The van der Waals surface area contributed by atoms with E-state index in [1.165, 1.54) is 18.7 Å². The molecule has 0 aromatic carbocycles. The van der Waals surface area contributed by atoms with Crippen LogP contribution in [0.3, 0.4) is 0 Å². The predicted octanol–water partition coefficient (Wildman–Crippen LogP) is 0.460. The van der Waals surface area contributed by atoms with Gasteiger partial charge in [-0.2, -0.15) is 0 Å². The van der Waals surface area contributed by atoms with Gasteiger partial charge in [0.1, 0.15) is 6.33 Å². The van der Waals surface area contributed by atoms with Crippen LogP contribution in [0.5, 0.6) is 0 Å². The fraction of sp³-hybridized carbons (Fsp3) is 0.444. The molecular formula is C9H12ClN3O2. The molecular weight excluding hydrogens is 218 g/mol. The third-order valence-corrected chi connectivity index (χ3v) is 1.93. The highest BCUT2D eigenvalue weighted by Crippen LogP contribution is 1.96. The average Bonchev–Trinajstić information content (AvgIpc) is 2.27. The van der Waals surface area contributed by atoms with Crippen molar-refractivity contribution in [2.45, 2.75) is 5.38 Å². The van der Waals surface area contributed by atoms with E-state index in [0.717, 1.165) is 0 Å². The third-order valence-electron chi connectivity index (χ3n) is 1.65. The van der Waals surface area contributed by atoms with Crippen LogP contribution in [0.2, 0.25) is 0 Å². The zero-order valence-corrected chi connectivity index (χ0v) is 9.07. The van der Waals surface area contributed by atoms with Crippen LogP contribution in [0.15, 0.2) is 18.7 Å². The molecule has 1 amide bonds. The van der Waals surface area contributed by atoms with E-state index < -0.39 is 0 Å². The smallest absolute Gasteiger partial charge is 0.254 e. The van der Waals surface area contributed by atoms with E-state index in [1.807, 2.05) is 0 Å². The van der Waals surface area contributed by atoms with Gasteiger partial charge < -0.3 is 10.1 Å². The Morgan fingerprint density at radius 3 is 2.87 bits per heavy atom. The Labute approximate surface area is 92.8 Å². The van der Waals surface area contributed by atoms with Crippen LogP contribution >= 0.6 is 11.6 Å². The number of aromatic nitrogens is 2. The summed E-state index contributed by atoms with van der Waals surface area (Å²) in [5.74, 6) is -0.239. The Morgan fingerprint density at radius 2 is 2.27 bits per heavy atom. The van der Waals surface area contributed by atoms with Crippen molar-refractivity contribution in [1.82, 2.24) is 15.3 Å². The molecule has 0 aliphatic carbocycles. The molecule has 5 nitrogen and oxygen atoms in total. The van der Waals surface area contributed by atoms with Crippen LogP contribution in [-0.4, -0.2) is 41.5 Å². The lowest BCUT2D eigenvalue weighted by atomic mass is 10.3. The van der Waals surface area contributed by atoms with E-state index >= 15 is 0 Å². The number of ether oxygens (including phenoxy) is 1. The average molecular weight is 230 g/mol. The first-order valence-corrected chi connectivity index (χ1v) is 4.84. The summed E-state index contributed by atoms with van der Waals surface area (Å²) < 4.78 is 4.83. The minimum atomic E-state index is -0.239. The van der Waals surface area contributed by atoms with Crippen molar-refractivity contribution in [1.29, 1.82) is 0 Å². The van der Waals surface area contributed by atoms with Gasteiger partial charge in [0.15, 0.2) is 0 Å². The predicted molar refractivity (Wildman–Crippen MR) is 55.9 cm³/mol. The maximum Gasteiger partial charge on any atom is 0.254 e. The third kappa shape index (κ3) is 4.22. The van der Waals surface area contributed by atoms with E-state index in [9.17, 15) is 4.79 Å². The van der Waals surface area contributed by atoms with Crippen LogP contribution in [-0.2, 0) is 4.74 Å². The second kappa shape index (κ2) is 6.31. The summed E-state index contributed by atoms with van der Waals surface area (Å²) in [7, 11) is 1.56. The number of carbonyl (C=O) groups is 1. The first kappa shape index (κ1) is 11.9. The lowest BCUT2D eigenvalue weighted by Gasteiger charge is -2.09. The number of hydrogen-bond donors (Lipinski definition) is 1. The molecule has 0 spiro atoms. The standard InChI is InChI=1S/C9H12ClN3O2/c1-15-5-8(10)4-13-9(14)7-2-11-6-12-3-7/h2-3,6,8H,4-5H2,1H3,(H,13,14). The van der Waals surface area contributed by atoms with Crippen molar-refractivity contribution in [3.05, 3.63) is 24.3 Å². The van der Waals surface area contributed by atoms with Crippen molar-refractivity contribution < 1.29 is 9.53 Å². The minimum absolute atomic E-state index is 0.233. The van der Waals surface area contributed by atoms with Crippen LogP contribution in [0.4, 0.5) is 0 Å². The zero-order chi connectivity index (χ0) is 11.1. The topological polar surface area (TPSA) is 64.1 Å². The molecule has 1 atom stereocenters. The first-order chi connectivity index (χ1) is 7.24. The van der Waals surface area contributed by atoms with E-state index in [1.54, 1.807) is 7.11 Å². The number of nitrogens with one attached hydrogen (secondary N) is 1. The van der Waals surface area contributed by atoms with Crippen molar-refractivity contribution in [3.63, 3.8) is 0 Å². The van der Waals surface area contributed by atoms with Gasteiger partial charge in [-0.3, -0.25) is 4.79 Å². The highest BCUT2D eigenvalue weighted by Gasteiger charge is 2.08. The molecule has 0 saturated heterocycles. The van der Waals surface area contributed by atoms with Crippen LogP contribution < -0.4 is 5.32 Å². The molecule has 0 fully saturated rings. The molecule has 1 heterocycles. The second-order valence-corrected chi connectivity index (χ2v) is 3.51. The van der Waals surface area contributed by atoms with Gasteiger partial charge in [-0.25, -0.2) is 9.97 Å². The van der Waals surface area contributed by atoms with Crippen molar-refractivity contribution in [3.8, 4) is 0 Å². The van der Waals surface area contributed by atoms with Gasteiger partial charge in [-0.1, -0.05) is 0 Å². The quantitative estimate of drug-likeness (QED) is 0.746. The number of rotatable bonds is 5. The largest absolute Gasteiger partial charge is 0.383 e. The SMILES string of the molecule is COCC(Cl)CNC(=O)c1cncnc1. The molecule has 1 rings (SSSR count). The number of alkyl halides is 1. The Hall–Kier alpha value is -1.20. The molecule has 0 bridgehead atoms. The second-order valence-electron chi connectivity index (χ2n) is 2.89. The Bertz CT molecular complexity index is 307. The number of halogens is 1. The lowest BCUT2D eigenvalue weighted by molar-refractivity contribution is 0.0948. The number of carbonyl (C=O) groups excluding carboxylic acids is 1. The minimum Gasteiger partial charge on any atom is -0.383 e. The van der Waals surface area contributed by atoms with Gasteiger partial charge in [0.2, 0.25) is 0 Å². The Morgan fingerprint density at radius 1 is 1.60 bits per heavy atom. The molecule has 15 heavy (non-hydrogen) atoms. The van der Waals surface area contributed by atoms with Gasteiger partial charge in [0, 0.05) is 26.0 Å². The van der Waals surface area contributed by atoms with E-state index in [0.29, 0.717) is 18.7 Å². The van der Waals surface area contributed by atoms with E-state index in [4.69, 9.17) is 16.3 Å². The number of amides is 1.